The molecule has 3 aromatic carbocycles. The van der Waals surface area contributed by atoms with Gasteiger partial charge in [0.25, 0.3) is 5.56 Å². The van der Waals surface area contributed by atoms with E-state index in [2.05, 4.69) is 23.6 Å². The fraction of sp³-hybridized carbons (Fsp3) is 0.206. The number of benzene rings is 3. The number of halogens is 1. The highest BCUT2D eigenvalue weighted by atomic mass is 35.5. The summed E-state index contributed by atoms with van der Waals surface area (Å²) >= 11 is 7.46. The summed E-state index contributed by atoms with van der Waals surface area (Å²) in [6, 6.07) is 25.0. The standard InChI is InChI=1S/C34H30ClN3O3S/c1-20(2)41-33(40)30-21(3)36-34-38(31(30)24-10-6-5-7-11-24)32(39)29(42-34)18-27-22(4)37(28-13-9-8-12-26(27)28)19-23-14-16-25(35)17-15-23/h5-18,20,31H,19H2,1-4H3. The van der Waals surface area contributed by atoms with Crippen LogP contribution in [0.4, 0.5) is 0 Å². The van der Waals surface area contributed by atoms with Gasteiger partial charge in [0.05, 0.1) is 27.9 Å². The lowest BCUT2D eigenvalue weighted by molar-refractivity contribution is -0.143. The molecule has 0 N–H and O–H groups in total. The molecule has 1 unspecified atom stereocenters. The molecule has 0 amide bonds. The molecular formula is C34H30ClN3O3S. The molecule has 0 bridgehead atoms. The maximum Gasteiger partial charge on any atom is 0.338 e. The molecule has 2 aromatic heterocycles. The number of para-hydroxylation sites is 1. The number of esters is 1. The number of nitrogens with zero attached hydrogens (tertiary/aromatic N) is 3. The minimum atomic E-state index is -0.636. The normalized spacial score (nSPS) is 15.3. The fourth-order valence-corrected chi connectivity index (χ4v) is 6.71. The lowest BCUT2D eigenvalue weighted by atomic mass is 9.96. The van der Waals surface area contributed by atoms with Gasteiger partial charge < -0.3 is 9.30 Å². The molecule has 0 fully saturated rings. The molecule has 3 heterocycles. The number of fused-ring (bicyclic) bond motifs is 2. The van der Waals surface area contributed by atoms with Crippen LogP contribution in [0.15, 0.2) is 99.9 Å². The molecule has 42 heavy (non-hydrogen) atoms. The molecule has 6 rings (SSSR count). The lowest BCUT2D eigenvalue weighted by Gasteiger charge is -2.25. The van der Waals surface area contributed by atoms with Crippen molar-refractivity contribution in [2.24, 2.45) is 4.99 Å². The molecule has 0 saturated heterocycles. The van der Waals surface area contributed by atoms with Crippen molar-refractivity contribution in [1.29, 1.82) is 0 Å². The van der Waals surface area contributed by atoms with Crippen LogP contribution in [0.25, 0.3) is 17.0 Å². The van der Waals surface area contributed by atoms with Crippen molar-refractivity contribution < 1.29 is 9.53 Å². The van der Waals surface area contributed by atoms with Crippen LogP contribution in [-0.2, 0) is 16.1 Å². The number of carbonyl (C=O) groups is 1. The molecule has 8 heteroatoms. The molecule has 212 valence electrons. The Morgan fingerprint density at radius 1 is 1.02 bits per heavy atom. The van der Waals surface area contributed by atoms with Crippen LogP contribution in [0.5, 0.6) is 0 Å². The Morgan fingerprint density at radius 2 is 1.71 bits per heavy atom. The van der Waals surface area contributed by atoms with Crippen molar-refractivity contribution in [2.45, 2.75) is 46.4 Å². The third-order valence-corrected chi connectivity index (χ3v) is 8.74. The average Bonchev–Trinajstić information content (AvgIpc) is 3.42. The average molecular weight is 596 g/mol. The Kier molecular flexibility index (Phi) is 7.47. The molecule has 1 aliphatic heterocycles. The third kappa shape index (κ3) is 5.03. The van der Waals surface area contributed by atoms with Gasteiger partial charge in [0.2, 0.25) is 0 Å². The molecule has 0 saturated carbocycles. The fourth-order valence-electron chi connectivity index (χ4n) is 5.56. The number of hydrogen-bond donors (Lipinski definition) is 0. The van der Waals surface area contributed by atoms with Gasteiger partial charge in [0.15, 0.2) is 4.80 Å². The first-order chi connectivity index (χ1) is 20.2. The predicted octanol–water partition coefficient (Wildman–Crippen LogP) is 6.15. The summed E-state index contributed by atoms with van der Waals surface area (Å²) < 4.78 is 10.1. The Hall–Kier alpha value is -4.20. The molecular weight excluding hydrogens is 566 g/mol. The maximum absolute atomic E-state index is 14.2. The van der Waals surface area contributed by atoms with Crippen molar-refractivity contribution in [3.05, 3.63) is 137 Å². The van der Waals surface area contributed by atoms with Crippen molar-refractivity contribution in [3.63, 3.8) is 0 Å². The topological polar surface area (TPSA) is 65.6 Å². The molecule has 1 aliphatic rings. The second kappa shape index (κ2) is 11.2. The minimum Gasteiger partial charge on any atom is -0.459 e. The van der Waals surface area contributed by atoms with Gasteiger partial charge in [0, 0.05) is 33.7 Å². The summed E-state index contributed by atoms with van der Waals surface area (Å²) in [4.78, 5) is 32.8. The zero-order valence-electron chi connectivity index (χ0n) is 23.8. The number of carbonyl (C=O) groups excluding carboxylic acids is 1. The number of rotatable bonds is 6. The van der Waals surface area contributed by atoms with Crippen molar-refractivity contribution in [2.75, 3.05) is 0 Å². The summed E-state index contributed by atoms with van der Waals surface area (Å²) in [5.74, 6) is -0.463. The number of allylic oxidation sites excluding steroid dienone is 1. The Morgan fingerprint density at radius 3 is 2.43 bits per heavy atom. The smallest absolute Gasteiger partial charge is 0.338 e. The second-order valence-corrected chi connectivity index (χ2v) is 12.1. The van der Waals surface area contributed by atoms with E-state index in [0.29, 0.717) is 32.2 Å². The van der Waals surface area contributed by atoms with Crippen LogP contribution in [-0.4, -0.2) is 21.2 Å². The monoisotopic (exact) mass is 595 g/mol. The summed E-state index contributed by atoms with van der Waals surface area (Å²) in [5, 5.41) is 1.76. The highest BCUT2D eigenvalue weighted by Crippen LogP contribution is 2.31. The van der Waals surface area contributed by atoms with Crippen LogP contribution in [0.3, 0.4) is 0 Å². The van der Waals surface area contributed by atoms with Gasteiger partial charge in [-0.3, -0.25) is 9.36 Å². The van der Waals surface area contributed by atoms with E-state index in [4.69, 9.17) is 21.3 Å². The first-order valence-electron chi connectivity index (χ1n) is 13.8. The highest BCUT2D eigenvalue weighted by molar-refractivity contribution is 7.07. The van der Waals surface area contributed by atoms with Gasteiger partial charge in [-0.05, 0) is 63.1 Å². The number of thiazole rings is 1. The highest BCUT2D eigenvalue weighted by Gasteiger charge is 2.33. The molecule has 0 aliphatic carbocycles. The van der Waals surface area contributed by atoms with Gasteiger partial charge in [-0.2, -0.15) is 0 Å². The van der Waals surface area contributed by atoms with E-state index in [1.54, 1.807) is 11.5 Å². The van der Waals surface area contributed by atoms with Gasteiger partial charge in [-0.1, -0.05) is 83.6 Å². The summed E-state index contributed by atoms with van der Waals surface area (Å²) in [7, 11) is 0. The molecule has 6 nitrogen and oxygen atoms in total. The van der Waals surface area contributed by atoms with Crippen molar-refractivity contribution in [1.82, 2.24) is 9.13 Å². The van der Waals surface area contributed by atoms with E-state index >= 15 is 0 Å². The van der Waals surface area contributed by atoms with E-state index in [9.17, 15) is 9.59 Å². The lowest BCUT2D eigenvalue weighted by Crippen LogP contribution is -2.40. The molecule has 0 spiro atoms. The summed E-state index contributed by atoms with van der Waals surface area (Å²) in [6.07, 6.45) is 1.67. The molecule has 5 aromatic rings. The second-order valence-electron chi connectivity index (χ2n) is 10.7. The summed E-state index contributed by atoms with van der Waals surface area (Å²) in [5.41, 5.74) is 5.82. The Balaban J connectivity index is 1.53. The third-order valence-electron chi connectivity index (χ3n) is 7.51. The van der Waals surface area contributed by atoms with E-state index in [1.807, 2.05) is 86.7 Å². The number of ether oxygens (including phenoxy) is 1. The van der Waals surface area contributed by atoms with Gasteiger partial charge in [-0.25, -0.2) is 9.79 Å². The van der Waals surface area contributed by atoms with Gasteiger partial charge >= 0.3 is 5.97 Å². The zero-order valence-corrected chi connectivity index (χ0v) is 25.4. The van der Waals surface area contributed by atoms with Crippen molar-refractivity contribution >= 4 is 45.9 Å². The van der Waals surface area contributed by atoms with Crippen molar-refractivity contribution in [3.8, 4) is 0 Å². The maximum atomic E-state index is 14.2. The molecule has 1 atom stereocenters. The predicted molar refractivity (Wildman–Crippen MR) is 169 cm³/mol. The van der Waals surface area contributed by atoms with Gasteiger partial charge in [-0.15, -0.1) is 0 Å². The van der Waals surface area contributed by atoms with Crippen LogP contribution in [0.1, 0.15) is 49.2 Å². The van der Waals surface area contributed by atoms with E-state index in [1.165, 1.54) is 11.3 Å². The Labute approximate surface area is 252 Å². The largest absolute Gasteiger partial charge is 0.459 e. The SMILES string of the molecule is CC1=C(C(=O)OC(C)C)C(c2ccccc2)n2c(sc(=Cc3c(C)n(Cc4ccc(Cl)cc4)c4ccccc34)c2=O)=N1. The number of hydrogen-bond acceptors (Lipinski definition) is 5. The summed E-state index contributed by atoms with van der Waals surface area (Å²) in [6.45, 7) is 8.18. The van der Waals surface area contributed by atoms with E-state index in [0.717, 1.165) is 33.3 Å². The van der Waals surface area contributed by atoms with Crippen LogP contribution in [0.2, 0.25) is 5.02 Å². The quantitative estimate of drug-likeness (QED) is 0.221. The number of aromatic nitrogens is 2. The first kappa shape index (κ1) is 27.9. The minimum absolute atomic E-state index is 0.191. The first-order valence-corrected chi connectivity index (χ1v) is 15.0. The van der Waals surface area contributed by atoms with E-state index in [-0.39, 0.29) is 11.7 Å². The molecule has 0 radical (unpaired) electrons. The zero-order chi connectivity index (χ0) is 29.5. The van der Waals surface area contributed by atoms with Crippen LogP contribution >= 0.6 is 22.9 Å². The van der Waals surface area contributed by atoms with Gasteiger partial charge in [0.1, 0.15) is 0 Å². The van der Waals surface area contributed by atoms with Crippen LogP contribution in [0, 0.1) is 6.92 Å². The Bertz CT molecular complexity index is 2030. The van der Waals surface area contributed by atoms with E-state index < -0.39 is 12.0 Å². The van der Waals surface area contributed by atoms with Crippen LogP contribution < -0.4 is 14.9 Å².